The number of carbonyl (C=O) groups excluding carboxylic acids is 1. The number of carboxylic acids is 1. The smallest absolute Gasteiger partial charge is 0.354 e. The first-order valence-electron chi connectivity index (χ1n) is 7.71. The predicted molar refractivity (Wildman–Crippen MR) is 95.8 cm³/mol. The van der Waals surface area contributed by atoms with Gasteiger partial charge < -0.3 is 15.1 Å². The Morgan fingerprint density at radius 1 is 1.46 bits per heavy atom. The summed E-state index contributed by atoms with van der Waals surface area (Å²) >= 11 is 4.70. The molecular formula is C14H17N3O4S3. The van der Waals surface area contributed by atoms with Crippen LogP contribution in [0, 0.1) is 5.92 Å². The van der Waals surface area contributed by atoms with Gasteiger partial charge in [0.2, 0.25) is 5.91 Å². The maximum absolute atomic E-state index is 12.2. The summed E-state index contributed by atoms with van der Waals surface area (Å²) in [6.45, 7) is 4.16. The van der Waals surface area contributed by atoms with Gasteiger partial charge in [0.1, 0.15) is 5.37 Å². The number of hydrogen-bond acceptors (Lipinski definition) is 8. The molecule has 4 heterocycles. The van der Waals surface area contributed by atoms with Crippen molar-refractivity contribution in [3.05, 3.63) is 9.93 Å². The highest BCUT2D eigenvalue weighted by molar-refractivity contribution is 8.23. The van der Waals surface area contributed by atoms with E-state index in [2.05, 4.69) is 9.89 Å². The van der Waals surface area contributed by atoms with Crippen LogP contribution in [0.15, 0.2) is 14.9 Å². The maximum Gasteiger partial charge on any atom is 0.354 e. The lowest BCUT2D eigenvalue weighted by molar-refractivity contribution is -0.156. The van der Waals surface area contributed by atoms with E-state index in [0.717, 1.165) is 30.6 Å². The van der Waals surface area contributed by atoms with E-state index in [4.69, 9.17) is 0 Å². The van der Waals surface area contributed by atoms with Gasteiger partial charge >= 0.3 is 5.97 Å². The molecule has 0 spiro atoms. The quantitative estimate of drug-likeness (QED) is 0.680. The number of aliphatic imine (C=N–C) groups is 1. The van der Waals surface area contributed by atoms with Crippen molar-refractivity contribution in [2.75, 3.05) is 25.4 Å². The molecule has 0 bridgehead atoms. The summed E-state index contributed by atoms with van der Waals surface area (Å²) in [5, 5.41) is 20.4. The second-order valence-electron chi connectivity index (χ2n) is 6.08. The Bertz CT molecular complexity index is 660. The van der Waals surface area contributed by atoms with Gasteiger partial charge in [0.15, 0.2) is 10.9 Å². The summed E-state index contributed by atoms with van der Waals surface area (Å²) in [5.41, 5.74) is 0.0860. The minimum absolute atomic E-state index is 0.0860. The van der Waals surface area contributed by atoms with E-state index >= 15 is 0 Å². The first kappa shape index (κ1) is 16.6. The number of amides is 1. The Hall–Kier alpha value is -0.840. The highest BCUT2D eigenvalue weighted by Gasteiger charge is 2.58. The lowest BCUT2D eigenvalue weighted by Gasteiger charge is -2.43. The Labute approximate surface area is 151 Å². The largest absolute Gasteiger partial charge is 0.477 e. The number of amidine groups is 1. The van der Waals surface area contributed by atoms with Crippen molar-refractivity contribution in [1.29, 1.82) is 0 Å². The lowest BCUT2D eigenvalue weighted by Crippen LogP contribution is -2.60. The average molecular weight is 388 g/mol. The molecular weight excluding hydrogens is 370 g/mol. The molecule has 0 saturated carbocycles. The highest BCUT2D eigenvalue weighted by atomic mass is 32.2. The van der Waals surface area contributed by atoms with E-state index in [1.54, 1.807) is 18.7 Å². The molecule has 2 fully saturated rings. The van der Waals surface area contributed by atoms with Crippen LogP contribution in [-0.4, -0.2) is 79.2 Å². The van der Waals surface area contributed by atoms with Crippen LogP contribution in [0.5, 0.6) is 0 Å². The zero-order valence-electron chi connectivity index (χ0n) is 12.9. The van der Waals surface area contributed by atoms with Crippen molar-refractivity contribution < 1.29 is 19.8 Å². The topological polar surface area (TPSA) is 93.4 Å². The fourth-order valence-electron chi connectivity index (χ4n) is 3.17. The molecule has 130 valence electrons. The van der Waals surface area contributed by atoms with Crippen LogP contribution in [0.3, 0.4) is 0 Å². The molecule has 0 aromatic heterocycles. The Morgan fingerprint density at radius 2 is 2.21 bits per heavy atom. The predicted octanol–water partition coefficient (Wildman–Crippen LogP) is 0.672. The number of aliphatic carboxylic acids is 1. The number of aliphatic hydroxyl groups excluding tert-OH is 1. The van der Waals surface area contributed by atoms with Crippen LogP contribution in [0.4, 0.5) is 0 Å². The number of hydrogen-bond donors (Lipinski definition) is 2. The van der Waals surface area contributed by atoms with Crippen LogP contribution in [0.2, 0.25) is 0 Å². The molecule has 0 radical (unpaired) electrons. The van der Waals surface area contributed by atoms with Gasteiger partial charge in [-0.3, -0.25) is 14.7 Å². The number of likely N-dealkylation sites (tertiary alicyclic amines) is 1. The molecule has 1 amide bonds. The molecule has 0 aromatic carbocycles. The van der Waals surface area contributed by atoms with Gasteiger partial charge in [-0.15, -0.1) is 11.8 Å². The third-order valence-corrected chi connectivity index (χ3v) is 8.23. The summed E-state index contributed by atoms with van der Waals surface area (Å²) in [4.78, 5) is 31.8. The zero-order valence-corrected chi connectivity index (χ0v) is 15.4. The number of carbonyl (C=O) groups is 2. The first-order valence-corrected chi connectivity index (χ1v) is 10.5. The number of fused-ring (bicyclic) bond motifs is 1. The normalized spacial score (nSPS) is 30.9. The van der Waals surface area contributed by atoms with Crippen molar-refractivity contribution in [1.82, 2.24) is 9.80 Å². The lowest BCUT2D eigenvalue weighted by atomic mass is 9.92. The Morgan fingerprint density at radius 3 is 2.79 bits per heavy atom. The summed E-state index contributed by atoms with van der Waals surface area (Å²) in [5.74, 6) is -0.836. The van der Waals surface area contributed by atoms with E-state index in [9.17, 15) is 19.8 Å². The van der Waals surface area contributed by atoms with Crippen LogP contribution < -0.4 is 0 Å². The molecule has 4 aliphatic rings. The van der Waals surface area contributed by atoms with Gasteiger partial charge in [-0.1, -0.05) is 23.5 Å². The molecule has 10 heteroatoms. The molecule has 0 aliphatic carbocycles. The fraction of sp³-hybridized carbons (Fsp3) is 0.643. The van der Waals surface area contributed by atoms with Gasteiger partial charge in [0, 0.05) is 24.1 Å². The summed E-state index contributed by atoms with van der Waals surface area (Å²) in [6, 6.07) is 0. The minimum Gasteiger partial charge on any atom is -0.477 e. The SMILES string of the molecule is C[C@@H](O)[C@H]1C(=O)N2C(C(=O)O)=C(SC3CN(C4=NCCS4)C3)S[C@H]12. The van der Waals surface area contributed by atoms with Crippen molar-refractivity contribution in [3.8, 4) is 0 Å². The van der Waals surface area contributed by atoms with Crippen LogP contribution in [0.25, 0.3) is 0 Å². The number of β-lactam (4-membered cyclic amide) rings is 1. The average Bonchev–Trinajstić information content (AvgIpc) is 3.07. The maximum atomic E-state index is 12.2. The second-order valence-corrected chi connectivity index (χ2v) is 9.84. The van der Waals surface area contributed by atoms with E-state index in [1.165, 1.54) is 28.4 Å². The molecule has 7 nitrogen and oxygen atoms in total. The van der Waals surface area contributed by atoms with Crippen molar-refractivity contribution >= 4 is 52.3 Å². The number of thioether (sulfide) groups is 3. The summed E-state index contributed by atoms with van der Waals surface area (Å²) in [6.07, 6.45) is -0.762. The first-order chi connectivity index (χ1) is 11.5. The number of rotatable bonds is 4. The van der Waals surface area contributed by atoms with E-state index < -0.39 is 18.0 Å². The standard InChI is InChI=1S/C14H17N3O4S3/c1-6(18)8-10(19)17-9(12(20)21)13(24-11(8)17)23-7-4-16(5-7)14-15-2-3-22-14/h6-8,11,18H,2-5H2,1H3,(H,20,21)/t6-,8+,11-/m1/s1. The second kappa shape index (κ2) is 6.15. The molecule has 2 N–H and O–H groups in total. The number of nitrogens with zero attached hydrogens (tertiary/aromatic N) is 3. The van der Waals surface area contributed by atoms with Crippen molar-refractivity contribution in [3.63, 3.8) is 0 Å². The highest BCUT2D eigenvalue weighted by Crippen LogP contribution is 2.55. The third kappa shape index (κ3) is 2.54. The van der Waals surface area contributed by atoms with Gasteiger partial charge in [-0.25, -0.2) is 4.79 Å². The zero-order chi connectivity index (χ0) is 17.0. The van der Waals surface area contributed by atoms with Gasteiger partial charge in [0.05, 0.1) is 22.8 Å². The van der Waals surface area contributed by atoms with Crippen molar-refractivity contribution in [2.45, 2.75) is 23.7 Å². The summed E-state index contributed by atoms with van der Waals surface area (Å²) in [7, 11) is 0. The van der Waals surface area contributed by atoms with Gasteiger partial charge in [-0.2, -0.15) is 0 Å². The molecule has 0 unspecified atom stereocenters. The van der Waals surface area contributed by atoms with Gasteiger partial charge in [-0.05, 0) is 6.92 Å². The summed E-state index contributed by atoms with van der Waals surface area (Å²) < 4.78 is 0.690. The molecule has 4 aliphatic heterocycles. The van der Waals surface area contributed by atoms with Crippen LogP contribution in [-0.2, 0) is 9.59 Å². The number of aliphatic hydroxyl groups is 1. The molecule has 2 saturated heterocycles. The fourth-order valence-corrected chi connectivity index (χ4v) is 7.40. The minimum atomic E-state index is -1.07. The van der Waals surface area contributed by atoms with E-state index in [1.807, 2.05) is 0 Å². The molecule has 0 aromatic rings. The monoisotopic (exact) mass is 387 g/mol. The molecule has 3 atom stereocenters. The van der Waals surface area contributed by atoms with E-state index in [-0.39, 0.29) is 17.0 Å². The molecule has 24 heavy (non-hydrogen) atoms. The van der Waals surface area contributed by atoms with E-state index in [0.29, 0.717) is 9.49 Å². The Balaban J connectivity index is 1.43. The van der Waals surface area contributed by atoms with Crippen LogP contribution in [0.1, 0.15) is 6.92 Å². The van der Waals surface area contributed by atoms with Crippen molar-refractivity contribution in [2.24, 2.45) is 10.9 Å². The molecule has 4 rings (SSSR count). The third-order valence-electron chi connectivity index (χ3n) is 4.43. The van der Waals surface area contributed by atoms with Gasteiger partial charge in [0.25, 0.3) is 0 Å². The van der Waals surface area contributed by atoms with Crippen LogP contribution >= 0.6 is 35.3 Å². The number of carboxylic acid groups (broad SMARTS) is 1. The Kier molecular flexibility index (Phi) is 4.26.